The van der Waals surface area contributed by atoms with E-state index in [2.05, 4.69) is 5.32 Å². The highest BCUT2D eigenvalue weighted by atomic mass is 16.2. The van der Waals surface area contributed by atoms with Gasteiger partial charge in [-0.2, -0.15) is 0 Å². The number of primary amides is 1. The van der Waals surface area contributed by atoms with Gasteiger partial charge in [-0.3, -0.25) is 14.4 Å². The predicted molar refractivity (Wildman–Crippen MR) is 94.9 cm³/mol. The van der Waals surface area contributed by atoms with Crippen LogP contribution in [0.3, 0.4) is 0 Å². The van der Waals surface area contributed by atoms with Gasteiger partial charge in [0.15, 0.2) is 6.54 Å². The molecule has 2 rings (SSSR count). The highest BCUT2D eigenvalue weighted by molar-refractivity contribution is 5.94. The zero-order valence-corrected chi connectivity index (χ0v) is 14.9. The molecule has 1 aliphatic heterocycles. The Labute approximate surface area is 148 Å². The molecule has 1 unspecified atom stereocenters. The number of nitrogens with one attached hydrogen (secondary N) is 2. The Bertz CT molecular complexity index is 630. The number of hydrogen-bond donors (Lipinski definition) is 3. The first-order valence-electron chi connectivity index (χ1n) is 8.58. The van der Waals surface area contributed by atoms with E-state index < -0.39 is 0 Å². The van der Waals surface area contributed by atoms with Crippen molar-refractivity contribution < 1.29 is 19.3 Å². The van der Waals surface area contributed by atoms with Crippen molar-refractivity contribution in [1.82, 2.24) is 4.90 Å². The number of carbonyl (C=O) groups is 3. The summed E-state index contributed by atoms with van der Waals surface area (Å²) >= 11 is 0. The molecule has 1 fully saturated rings. The van der Waals surface area contributed by atoms with Crippen LogP contribution in [0.25, 0.3) is 0 Å². The molecule has 1 aliphatic rings. The molecule has 25 heavy (non-hydrogen) atoms. The van der Waals surface area contributed by atoms with Gasteiger partial charge in [0, 0.05) is 12.7 Å². The molecule has 1 aromatic carbocycles. The molecule has 1 saturated heterocycles. The number of nitrogens with zero attached hydrogens (tertiary/aromatic N) is 1. The summed E-state index contributed by atoms with van der Waals surface area (Å²) in [6.45, 7) is 3.69. The minimum atomic E-state index is -0.296. The largest absolute Gasteiger partial charge is 0.369 e. The molecule has 136 valence electrons. The van der Waals surface area contributed by atoms with Crippen molar-refractivity contribution >= 4 is 23.4 Å². The molecule has 7 heteroatoms. The number of nitrogens with two attached hydrogens (primary N) is 1. The Balaban J connectivity index is 1.80. The van der Waals surface area contributed by atoms with Crippen molar-refractivity contribution in [3.8, 4) is 0 Å². The molecule has 1 aromatic rings. The highest BCUT2D eigenvalue weighted by Gasteiger charge is 2.29. The van der Waals surface area contributed by atoms with E-state index in [4.69, 9.17) is 5.73 Å². The molecule has 0 radical (unpaired) electrons. The van der Waals surface area contributed by atoms with E-state index in [1.54, 1.807) is 7.05 Å². The van der Waals surface area contributed by atoms with Crippen molar-refractivity contribution in [2.24, 2.45) is 11.7 Å². The lowest BCUT2D eigenvalue weighted by atomic mass is 9.97. The van der Waals surface area contributed by atoms with Gasteiger partial charge < -0.3 is 20.9 Å². The fraction of sp³-hybridized carbons (Fsp3) is 0.500. The molecule has 7 nitrogen and oxygen atoms in total. The summed E-state index contributed by atoms with van der Waals surface area (Å²) < 4.78 is 0. The third-order valence-corrected chi connectivity index (χ3v) is 4.56. The van der Waals surface area contributed by atoms with Crippen LogP contribution in [0.1, 0.15) is 18.4 Å². The zero-order chi connectivity index (χ0) is 18.4. The number of carbonyl (C=O) groups excluding carboxylic acids is 3. The number of amides is 3. The smallest absolute Gasteiger partial charge is 0.277 e. The normalized spacial score (nSPS) is 19.9. The number of quaternary nitrogens is 1. The van der Waals surface area contributed by atoms with E-state index in [1.165, 1.54) is 4.90 Å². The Kier molecular flexibility index (Phi) is 6.52. The van der Waals surface area contributed by atoms with Gasteiger partial charge in [0.05, 0.1) is 25.6 Å². The maximum Gasteiger partial charge on any atom is 0.277 e. The van der Waals surface area contributed by atoms with Gasteiger partial charge in [0.1, 0.15) is 0 Å². The molecule has 2 atom stereocenters. The van der Waals surface area contributed by atoms with E-state index in [9.17, 15) is 14.4 Å². The van der Waals surface area contributed by atoms with Crippen LogP contribution in [-0.2, 0) is 14.4 Å². The van der Waals surface area contributed by atoms with Crippen LogP contribution >= 0.6 is 0 Å². The fourth-order valence-electron chi connectivity index (χ4n) is 3.04. The van der Waals surface area contributed by atoms with Crippen molar-refractivity contribution in [1.29, 1.82) is 0 Å². The van der Waals surface area contributed by atoms with E-state index in [0.29, 0.717) is 12.2 Å². The summed E-state index contributed by atoms with van der Waals surface area (Å²) in [6, 6.07) is 7.49. The summed E-state index contributed by atoms with van der Waals surface area (Å²) in [5, 5.41) is 2.78. The Morgan fingerprint density at radius 2 is 1.96 bits per heavy atom. The quantitative estimate of drug-likeness (QED) is 0.627. The molecule has 0 spiro atoms. The first-order valence-corrected chi connectivity index (χ1v) is 8.58. The van der Waals surface area contributed by atoms with Gasteiger partial charge in [0.2, 0.25) is 11.8 Å². The standard InChI is InChI=1S/C18H26N4O3/c1-13-5-7-15(8-6-13)20-16(23)11-21(2)17(24)12-22-9-3-4-14(10-22)18(19)25/h5-8,14H,3-4,9-12H2,1-2H3,(H2,19,25)(H,20,23)/p+1/t14-/m0/s1. The van der Waals surface area contributed by atoms with Gasteiger partial charge in [-0.05, 0) is 31.9 Å². The van der Waals surface area contributed by atoms with E-state index in [-0.39, 0.29) is 36.7 Å². The molecule has 4 N–H and O–H groups in total. The van der Waals surface area contributed by atoms with Crippen LogP contribution in [0, 0.1) is 12.8 Å². The number of likely N-dealkylation sites (N-methyl/N-ethyl adjacent to an activating group) is 1. The molecule has 1 heterocycles. The van der Waals surface area contributed by atoms with Gasteiger partial charge in [-0.25, -0.2) is 0 Å². The van der Waals surface area contributed by atoms with Crippen molar-refractivity contribution in [2.75, 3.05) is 38.5 Å². The number of hydrogen-bond acceptors (Lipinski definition) is 3. The van der Waals surface area contributed by atoms with Crippen LogP contribution < -0.4 is 16.0 Å². The summed E-state index contributed by atoms with van der Waals surface area (Å²) in [6.07, 6.45) is 1.68. The molecule has 0 saturated carbocycles. The number of likely N-dealkylation sites (tertiary alicyclic amines) is 1. The number of benzene rings is 1. The Hall–Kier alpha value is -2.41. The first kappa shape index (κ1) is 18.9. The molecule has 0 aliphatic carbocycles. The van der Waals surface area contributed by atoms with Crippen molar-refractivity contribution in [2.45, 2.75) is 19.8 Å². The van der Waals surface area contributed by atoms with Gasteiger partial charge in [0.25, 0.3) is 5.91 Å². The van der Waals surface area contributed by atoms with E-state index in [0.717, 1.165) is 29.8 Å². The molecule has 0 aromatic heterocycles. The second-order valence-electron chi connectivity index (χ2n) is 6.79. The monoisotopic (exact) mass is 347 g/mol. The minimum Gasteiger partial charge on any atom is -0.369 e. The van der Waals surface area contributed by atoms with Gasteiger partial charge in [-0.1, -0.05) is 17.7 Å². The topological polar surface area (TPSA) is 96.9 Å². The lowest BCUT2D eigenvalue weighted by Crippen LogP contribution is -3.14. The fourth-order valence-corrected chi connectivity index (χ4v) is 3.04. The van der Waals surface area contributed by atoms with Crippen LogP contribution in [0.4, 0.5) is 5.69 Å². The lowest BCUT2D eigenvalue weighted by Gasteiger charge is -2.29. The van der Waals surface area contributed by atoms with Gasteiger partial charge >= 0.3 is 0 Å². The summed E-state index contributed by atoms with van der Waals surface area (Å²) in [5.41, 5.74) is 7.19. The highest BCUT2D eigenvalue weighted by Crippen LogP contribution is 2.08. The average molecular weight is 347 g/mol. The van der Waals surface area contributed by atoms with Crippen LogP contribution in [0.2, 0.25) is 0 Å². The SMILES string of the molecule is Cc1ccc(NC(=O)CN(C)C(=O)C[NH+]2CCC[C@H](C(N)=O)C2)cc1. The second kappa shape index (κ2) is 8.62. The summed E-state index contributed by atoms with van der Waals surface area (Å²) in [7, 11) is 1.62. The third-order valence-electron chi connectivity index (χ3n) is 4.56. The van der Waals surface area contributed by atoms with E-state index in [1.807, 2.05) is 31.2 Å². The van der Waals surface area contributed by atoms with Crippen LogP contribution in [-0.4, -0.2) is 55.8 Å². The first-order chi connectivity index (χ1) is 11.8. The summed E-state index contributed by atoms with van der Waals surface area (Å²) in [4.78, 5) is 38.2. The Morgan fingerprint density at radius 1 is 1.28 bits per heavy atom. The molecular weight excluding hydrogens is 320 g/mol. The molecule has 3 amide bonds. The maximum absolute atomic E-state index is 12.3. The third kappa shape index (κ3) is 5.86. The number of aryl methyl sites for hydroxylation is 1. The predicted octanol–water partition coefficient (Wildman–Crippen LogP) is -0.828. The number of piperidine rings is 1. The second-order valence-corrected chi connectivity index (χ2v) is 6.79. The van der Waals surface area contributed by atoms with Crippen molar-refractivity contribution in [3.63, 3.8) is 0 Å². The maximum atomic E-state index is 12.3. The number of anilines is 1. The average Bonchev–Trinajstić information content (AvgIpc) is 2.57. The number of rotatable bonds is 6. The van der Waals surface area contributed by atoms with Gasteiger partial charge in [-0.15, -0.1) is 0 Å². The molecule has 0 bridgehead atoms. The van der Waals surface area contributed by atoms with Crippen LogP contribution in [0.5, 0.6) is 0 Å². The lowest BCUT2D eigenvalue weighted by molar-refractivity contribution is -0.899. The summed E-state index contributed by atoms with van der Waals surface area (Å²) in [5.74, 6) is -0.801. The van der Waals surface area contributed by atoms with Crippen LogP contribution in [0.15, 0.2) is 24.3 Å². The molecular formula is C18H27N4O3+. The minimum absolute atomic E-state index is 0.000756. The zero-order valence-electron chi connectivity index (χ0n) is 14.9. The van der Waals surface area contributed by atoms with E-state index >= 15 is 0 Å². The Morgan fingerprint density at radius 3 is 2.60 bits per heavy atom. The van der Waals surface area contributed by atoms with Crippen molar-refractivity contribution in [3.05, 3.63) is 29.8 Å².